The number of likely N-dealkylation sites (N-methyl/N-ethyl adjacent to an activating group) is 1. The summed E-state index contributed by atoms with van der Waals surface area (Å²) < 4.78 is 5.45. The topological polar surface area (TPSA) is 36.0 Å². The van der Waals surface area contributed by atoms with Gasteiger partial charge in [-0.1, -0.05) is 6.42 Å². The SMILES string of the molecule is COC[C@H]1CC2(CCN(CC3CCC3)CC2)CN1CC(=O)N(C)C. The fraction of sp³-hybridized carbons (Fsp3) is 0.947. The molecule has 0 aromatic carbocycles. The Bertz CT molecular complexity index is 428. The average molecular weight is 338 g/mol. The summed E-state index contributed by atoms with van der Waals surface area (Å²) in [7, 11) is 5.47. The highest BCUT2D eigenvalue weighted by atomic mass is 16.5. The fourth-order valence-corrected chi connectivity index (χ4v) is 4.72. The molecule has 2 saturated heterocycles. The Balaban J connectivity index is 1.55. The highest BCUT2D eigenvalue weighted by Crippen LogP contribution is 2.43. The molecule has 0 N–H and O–H groups in total. The number of amides is 1. The molecule has 3 fully saturated rings. The van der Waals surface area contributed by atoms with Crippen molar-refractivity contribution in [2.24, 2.45) is 11.3 Å². The molecule has 2 aliphatic heterocycles. The number of hydrogen-bond donors (Lipinski definition) is 0. The van der Waals surface area contributed by atoms with Crippen molar-refractivity contribution in [2.45, 2.75) is 44.6 Å². The van der Waals surface area contributed by atoms with Gasteiger partial charge in [-0.3, -0.25) is 9.69 Å². The van der Waals surface area contributed by atoms with Crippen LogP contribution in [-0.4, -0.2) is 87.2 Å². The van der Waals surface area contributed by atoms with E-state index in [0.29, 0.717) is 18.0 Å². The number of likely N-dealkylation sites (tertiary alicyclic amines) is 2. The monoisotopic (exact) mass is 337 g/mol. The van der Waals surface area contributed by atoms with Crippen LogP contribution in [0.1, 0.15) is 38.5 Å². The van der Waals surface area contributed by atoms with Crippen molar-refractivity contribution in [2.75, 3.05) is 60.5 Å². The Labute approximate surface area is 147 Å². The summed E-state index contributed by atoms with van der Waals surface area (Å²) in [5.41, 5.74) is 0.409. The average Bonchev–Trinajstić information content (AvgIpc) is 2.83. The maximum absolute atomic E-state index is 12.2. The molecular formula is C19H35N3O2. The Morgan fingerprint density at radius 3 is 2.50 bits per heavy atom. The molecule has 0 bridgehead atoms. The van der Waals surface area contributed by atoms with Crippen LogP contribution in [0.5, 0.6) is 0 Å². The summed E-state index contributed by atoms with van der Waals surface area (Å²) in [6.45, 7) is 6.15. The molecule has 3 rings (SSSR count). The molecule has 1 saturated carbocycles. The minimum Gasteiger partial charge on any atom is -0.383 e. The molecule has 3 aliphatic rings. The van der Waals surface area contributed by atoms with Crippen molar-refractivity contribution >= 4 is 5.91 Å². The van der Waals surface area contributed by atoms with Crippen molar-refractivity contribution < 1.29 is 9.53 Å². The Morgan fingerprint density at radius 2 is 1.96 bits per heavy atom. The van der Waals surface area contributed by atoms with Crippen molar-refractivity contribution in [3.63, 3.8) is 0 Å². The smallest absolute Gasteiger partial charge is 0.236 e. The molecule has 0 unspecified atom stereocenters. The highest BCUT2D eigenvalue weighted by molar-refractivity contribution is 5.77. The number of rotatable bonds is 6. The van der Waals surface area contributed by atoms with Gasteiger partial charge in [-0.25, -0.2) is 0 Å². The first-order valence-electron chi connectivity index (χ1n) is 9.67. The number of ether oxygens (including phenoxy) is 1. The van der Waals surface area contributed by atoms with Gasteiger partial charge in [-0.15, -0.1) is 0 Å². The van der Waals surface area contributed by atoms with E-state index >= 15 is 0 Å². The zero-order valence-corrected chi connectivity index (χ0v) is 15.8. The van der Waals surface area contributed by atoms with Crippen molar-refractivity contribution in [1.82, 2.24) is 14.7 Å². The van der Waals surface area contributed by atoms with E-state index in [-0.39, 0.29) is 5.91 Å². The van der Waals surface area contributed by atoms with Gasteiger partial charge in [0, 0.05) is 40.3 Å². The summed E-state index contributed by atoms with van der Waals surface area (Å²) >= 11 is 0. The first kappa shape index (κ1) is 18.2. The Morgan fingerprint density at radius 1 is 1.25 bits per heavy atom. The number of nitrogens with zero attached hydrogens (tertiary/aromatic N) is 3. The molecule has 138 valence electrons. The zero-order chi connectivity index (χ0) is 17.2. The van der Waals surface area contributed by atoms with Gasteiger partial charge in [-0.2, -0.15) is 0 Å². The zero-order valence-electron chi connectivity index (χ0n) is 15.8. The van der Waals surface area contributed by atoms with Gasteiger partial charge in [0.05, 0.1) is 13.2 Å². The van der Waals surface area contributed by atoms with Crippen LogP contribution in [-0.2, 0) is 9.53 Å². The lowest BCUT2D eigenvalue weighted by atomic mass is 9.76. The number of carbonyl (C=O) groups excluding carboxylic acids is 1. The van der Waals surface area contributed by atoms with Crippen LogP contribution < -0.4 is 0 Å². The van der Waals surface area contributed by atoms with Crippen LogP contribution in [0.25, 0.3) is 0 Å². The fourth-order valence-electron chi connectivity index (χ4n) is 4.72. The van der Waals surface area contributed by atoms with Crippen LogP contribution in [0.4, 0.5) is 0 Å². The van der Waals surface area contributed by atoms with E-state index < -0.39 is 0 Å². The third-order valence-electron chi connectivity index (χ3n) is 6.58. The third-order valence-corrected chi connectivity index (χ3v) is 6.58. The summed E-state index contributed by atoms with van der Waals surface area (Å²) in [4.78, 5) is 18.9. The van der Waals surface area contributed by atoms with Gasteiger partial charge < -0.3 is 14.5 Å². The predicted octanol–water partition coefficient (Wildman–Crippen LogP) is 1.68. The van der Waals surface area contributed by atoms with Gasteiger partial charge in [0.2, 0.25) is 5.91 Å². The normalized spacial score (nSPS) is 28.2. The Kier molecular flexibility index (Phi) is 5.83. The summed E-state index contributed by atoms with van der Waals surface area (Å²) in [6.07, 6.45) is 8.09. The van der Waals surface area contributed by atoms with Crippen LogP contribution >= 0.6 is 0 Å². The van der Waals surface area contributed by atoms with Crippen LogP contribution in [0, 0.1) is 11.3 Å². The summed E-state index contributed by atoms with van der Waals surface area (Å²) in [6, 6.07) is 0.400. The van der Waals surface area contributed by atoms with Crippen molar-refractivity contribution in [1.29, 1.82) is 0 Å². The van der Waals surface area contributed by atoms with Gasteiger partial charge >= 0.3 is 0 Å². The summed E-state index contributed by atoms with van der Waals surface area (Å²) in [5.74, 6) is 1.17. The van der Waals surface area contributed by atoms with E-state index in [9.17, 15) is 4.79 Å². The van der Waals surface area contributed by atoms with Crippen LogP contribution in [0.2, 0.25) is 0 Å². The maximum Gasteiger partial charge on any atom is 0.236 e. The standard InChI is InChI=1S/C19H35N3O2/c1-20(2)18(23)13-22-15-19(11-17(22)14-24-3)7-9-21(10-8-19)12-16-5-4-6-16/h16-17H,4-15H2,1-3H3/t17-/m1/s1. The van der Waals surface area contributed by atoms with E-state index in [1.165, 1.54) is 58.2 Å². The second-order valence-corrected chi connectivity index (χ2v) is 8.60. The van der Waals surface area contributed by atoms with Gasteiger partial charge in [0.25, 0.3) is 0 Å². The molecule has 24 heavy (non-hydrogen) atoms. The number of methoxy groups -OCH3 is 1. The van der Waals surface area contributed by atoms with Gasteiger partial charge in [0.1, 0.15) is 0 Å². The predicted molar refractivity (Wildman–Crippen MR) is 96.0 cm³/mol. The molecule has 0 aromatic rings. The third kappa shape index (κ3) is 4.12. The minimum absolute atomic E-state index is 0.204. The van der Waals surface area contributed by atoms with E-state index in [2.05, 4.69) is 9.80 Å². The van der Waals surface area contributed by atoms with Gasteiger partial charge in [0.15, 0.2) is 0 Å². The molecule has 1 aliphatic carbocycles. The number of carbonyl (C=O) groups is 1. The molecule has 1 amide bonds. The summed E-state index contributed by atoms with van der Waals surface area (Å²) in [5, 5.41) is 0. The molecule has 1 spiro atoms. The molecule has 5 nitrogen and oxygen atoms in total. The second-order valence-electron chi connectivity index (χ2n) is 8.60. The molecule has 5 heteroatoms. The van der Waals surface area contributed by atoms with E-state index in [1.807, 2.05) is 14.1 Å². The lowest BCUT2D eigenvalue weighted by Gasteiger charge is -2.42. The Hall–Kier alpha value is -0.650. The first-order valence-corrected chi connectivity index (χ1v) is 9.67. The minimum atomic E-state index is 0.204. The number of hydrogen-bond acceptors (Lipinski definition) is 4. The van der Waals surface area contributed by atoms with Gasteiger partial charge in [-0.05, 0) is 56.5 Å². The highest BCUT2D eigenvalue weighted by Gasteiger charge is 2.46. The lowest BCUT2D eigenvalue weighted by molar-refractivity contribution is -0.130. The first-order chi connectivity index (χ1) is 11.5. The molecule has 2 heterocycles. The maximum atomic E-state index is 12.2. The van der Waals surface area contributed by atoms with Crippen LogP contribution in [0.3, 0.4) is 0 Å². The van der Waals surface area contributed by atoms with E-state index in [1.54, 1.807) is 12.0 Å². The van der Waals surface area contributed by atoms with Crippen molar-refractivity contribution in [3.8, 4) is 0 Å². The molecule has 1 atom stereocenters. The van der Waals surface area contributed by atoms with E-state index in [4.69, 9.17) is 4.74 Å². The molecule has 0 radical (unpaired) electrons. The second kappa shape index (κ2) is 7.71. The quantitative estimate of drug-likeness (QED) is 0.739. The van der Waals surface area contributed by atoms with Crippen LogP contribution in [0.15, 0.2) is 0 Å². The van der Waals surface area contributed by atoms with E-state index in [0.717, 1.165) is 19.1 Å². The lowest BCUT2D eigenvalue weighted by Crippen LogP contribution is -2.45. The molecule has 0 aromatic heterocycles. The molecular weight excluding hydrogens is 302 g/mol. The van der Waals surface area contributed by atoms with Crippen molar-refractivity contribution in [3.05, 3.63) is 0 Å². The number of piperidine rings is 1. The largest absolute Gasteiger partial charge is 0.383 e.